The maximum Gasteiger partial charge on any atom is 0.407 e. The number of hydrogen-bond acceptors (Lipinski definition) is 5. The van der Waals surface area contributed by atoms with Gasteiger partial charge in [-0.05, 0) is 42.9 Å². The Morgan fingerprint density at radius 1 is 1.07 bits per heavy atom. The molecule has 0 aromatic heterocycles. The van der Waals surface area contributed by atoms with E-state index in [-0.39, 0.29) is 29.9 Å². The van der Waals surface area contributed by atoms with Crippen molar-refractivity contribution < 1.29 is 22.1 Å². The van der Waals surface area contributed by atoms with Gasteiger partial charge in [0.15, 0.2) is 0 Å². The normalized spacial score (nSPS) is 18.7. The van der Waals surface area contributed by atoms with E-state index in [1.54, 1.807) is 24.3 Å². The predicted octanol–water partition coefficient (Wildman–Crippen LogP) is 3.26. The van der Waals surface area contributed by atoms with Crippen molar-refractivity contribution in [2.75, 3.05) is 13.2 Å². The van der Waals surface area contributed by atoms with E-state index < -0.39 is 16.2 Å². The number of aryl methyl sites for hydroxylation is 1. The molecule has 2 aromatic carbocycles. The third-order valence-electron chi connectivity index (χ3n) is 4.54. The van der Waals surface area contributed by atoms with Crippen LogP contribution in [0, 0.1) is 18.8 Å². The van der Waals surface area contributed by atoms with E-state index in [1.807, 2.05) is 37.3 Å². The number of benzene rings is 2. The van der Waals surface area contributed by atoms with Gasteiger partial charge in [-0.1, -0.05) is 48.0 Å². The molecule has 0 aliphatic heterocycles. The van der Waals surface area contributed by atoms with E-state index in [0.717, 1.165) is 17.5 Å². The first kappa shape index (κ1) is 19.4. The van der Waals surface area contributed by atoms with Gasteiger partial charge in [0.1, 0.15) is 6.61 Å². The smallest absolute Gasteiger partial charge is 0.407 e. The van der Waals surface area contributed by atoms with Crippen LogP contribution in [0.1, 0.15) is 17.5 Å². The molecular formula is C20H23NO5S. The second-order valence-electron chi connectivity index (χ2n) is 6.75. The number of ether oxygens (including phenoxy) is 1. The third kappa shape index (κ3) is 5.80. The molecule has 0 bridgehead atoms. The van der Waals surface area contributed by atoms with E-state index in [1.165, 1.54) is 0 Å². The Kier molecular flexibility index (Phi) is 6.13. The Bertz CT molecular complexity index is 865. The average molecular weight is 389 g/mol. The Balaban J connectivity index is 1.35. The van der Waals surface area contributed by atoms with Crippen molar-refractivity contribution in [2.24, 2.45) is 11.8 Å². The molecule has 3 rings (SSSR count). The summed E-state index contributed by atoms with van der Waals surface area (Å²) in [4.78, 5) is 11.9. The molecule has 144 valence electrons. The first-order chi connectivity index (χ1) is 12.9. The van der Waals surface area contributed by atoms with Gasteiger partial charge in [0.2, 0.25) is 0 Å². The quantitative estimate of drug-likeness (QED) is 0.701. The molecule has 0 saturated heterocycles. The van der Waals surface area contributed by atoms with E-state index >= 15 is 0 Å². The second-order valence-corrected chi connectivity index (χ2v) is 8.37. The van der Waals surface area contributed by atoms with Gasteiger partial charge in [-0.2, -0.15) is 8.42 Å². The summed E-state index contributed by atoms with van der Waals surface area (Å²) in [6, 6.07) is 16.0. The molecule has 1 amide bonds. The van der Waals surface area contributed by atoms with Crippen LogP contribution >= 0.6 is 0 Å². The van der Waals surface area contributed by atoms with Gasteiger partial charge >= 0.3 is 6.09 Å². The summed E-state index contributed by atoms with van der Waals surface area (Å²) in [5.41, 5.74) is 1.91. The highest BCUT2D eigenvalue weighted by Crippen LogP contribution is 2.38. The molecule has 2 aromatic rings. The van der Waals surface area contributed by atoms with E-state index in [4.69, 9.17) is 8.92 Å². The Labute approximate surface area is 159 Å². The van der Waals surface area contributed by atoms with Crippen molar-refractivity contribution in [3.8, 4) is 0 Å². The average Bonchev–Trinajstić information content (AvgIpc) is 3.43. The van der Waals surface area contributed by atoms with Crippen LogP contribution < -0.4 is 5.32 Å². The highest BCUT2D eigenvalue weighted by atomic mass is 32.2. The molecule has 6 nitrogen and oxygen atoms in total. The van der Waals surface area contributed by atoms with Crippen LogP contribution in [0.5, 0.6) is 0 Å². The van der Waals surface area contributed by atoms with Gasteiger partial charge in [-0.15, -0.1) is 0 Å². The number of amides is 1. The summed E-state index contributed by atoms with van der Waals surface area (Å²) < 4.78 is 34.6. The first-order valence-electron chi connectivity index (χ1n) is 8.85. The number of carbonyl (C=O) groups is 1. The van der Waals surface area contributed by atoms with Crippen LogP contribution in [0.4, 0.5) is 4.79 Å². The largest absolute Gasteiger partial charge is 0.445 e. The molecule has 0 heterocycles. The van der Waals surface area contributed by atoms with Crippen LogP contribution in [-0.2, 0) is 25.6 Å². The summed E-state index contributed by atoms with van der Waals surface area (Å²) in [5, 5.41) is 2.71. The fraction of sp³-hybridized carbons (Fsp3) is 0.350. The molecule has 1 aliphatic carbocycles. The number of carbonyl (C=O) groups excluding carboxylic acids is 1. The summed E-state index contributed by atoms with van der Waals surface area (Å²) in [5.74, 6) is 0.335. The molecule has 0 spiro atoms. The van der Waals surface area contributed by atoms with Gasteiger partial charge in [0, 0.05) is 6.54 Å². The van der Waals surface area contributed by atoms with E-state index in [9.17, 15) is 13.2 Å². The number of alkyl carbamates (subject to hydrolysis) is 1. The maximum absolute atomic E-state index is 12.2. The van der Waals surface area contributed by atoms with Gasteiger partial charge < -0.3 is 10.1 Å². The monoisotopic (exact) mass is 389 g/mol. The summed E-state index contributed by atoms with van der Waals surface area (Å²) in [6.07, 6.45) is 0.347. The third-order valence-corrected chi connectivity index (χ3v) is 5.83. The number of rotatable bonds is 8. The van der Waals surface area contributed by atoms with Crippen molar-refractivity contribution in [3.05, 3.63) is 65.7 Å². The van der Waals surface area contributed by atoms with E-state index in [0.29, 0.717) is 6.54 Å². The Morgan fingerprint density at radius 2 is 1.78 bits per heavy atom. The minimum Gasteiger partial charge on any atom is -0.445 e. The van der Waals surface area contributed by atoms with Crippen LogP contribution in [0.3, 0.4) is 0 Å². The van der Waals surface area contributed by atoms with Crippen molar-refractivity contribution in [3.63, 3.8) is 0 Å². The number of nitrogens with one attached hydrogen (secondary N) is 1. The molecule has 1 aliphatic rings. The lowest BCUT2D eigenvalue weighted by molar-refractivity contribution is 0.139. The lowest BCUT2D eigenvalue weighted by Gasteiger charge is -2.08. The Morgan fingerprint density at radius 3 is 2.48 bits per heavy atom. The molecule has 1 saturated carbocycles. The van der Waals surface area contributed by atoms with Crippen LogP contribution in [-0.4, -0.2) is 27.7 Å². The van der Waals surface area contributed by atoms with Gasteiger partial charge in [-0.3, -0.25) is 4.18 Å². The lowest BCUT2D eigenvalue weighted by Crippen LogP contribution is -2.27. The van der Waals surface area contributed by atoms with Gasteiger partial charge in [-0.25, -0.2) is 4.79 Å². The van der Waals surface area contributed by atoms with Gasteiger partial charge in [0.25, 0.3) is 10.1 Å². The summed E-state index contributed by atoms with van der Waals surface area (Å²) in [7, 11) is -3.74. The topological polar surface area (TPSA) is 81.7 Å². The summed E-state index contributed by atoms with van der Waals surface area (Å²) in [6.45, 7) is 2.69. The van der Waals surface area contributed by atoms with Gasteiger partial charge in [0.05, 0.1) is 11.5 Å². The second kappa shape index (κ2) is 8.54. The fourth-order valence-corrected chi connectivity index (χ4v) is 3.66. The fourth-order valence-electron chi connectivity index (χ4n) is 2.70. The standard InChI is InChI=1S/C20H23NO5S/c1-15-7-9-19(10-8-15)27(23,24)26-14-18-11-17(18)12-21-20(22)25-13-16-5-3-2-4-6-16/h2-10,17-18H,11-14H2,1H3,(H,21,22)/t17-,18?/m1/s1. The molecule has 0 radical (unpaired) electrons. The van der Waals surface area contributed by atoms with Crippen molar-refractivity contribution in [2.45, 2.75) is 24.8 Å². The molecule has 2 atom stereocenters. The molecule has 1 unspecified atom stereocenters. The zero-order valence-electron chi connectivity index (χ0n) is 15.1. The van der Waals surface area contributed by atoms with Crippen LogP contribution in [0.2, 0.25) is 0 Å². The highest BCUT2D eigenvalue weighted by molar-refractivity contribution is 7.86. The van der Waals surface area contributed by atoms with Crippen LogP contribution in [0.25, 0.3) is 0 Å². The molecule has 1 fully saturated rings. The zero-order valence-corrected chi connectivity index (χ0v) is 15.9. The van der Waals surface area contributed by atoms with Crippen molar-refractivity contribution >= 4 is 16.2 Å². The summed E-state index contributed by atoms with van der Waals surface area (Å²) >= 11 is 0. The van der Waals surface area contributed by atoms with E-state index in [2.05, 4.69) is 5.32 Å². The van der Waals surface area contributed by atoms with Crippen LogP contribution in [0.15, 0.2) is 59.5 Å². The first-order valence-corrected chi connectivity index (χ1v) is 10.3. The highest BCUT2D eigenvalue weighted by Gasteiger charge is 2.38. The Hall–Kier alpha value is -2.38. The SMILES string of the molecule is Cc1ccc(S(=O)(=O)OCC2C[C@@H]2CNC(=O)OCc2ccccc2)cc1. The zero-order chi connectivity index (χ0) is 19.3. The van der Waals surface area contributed by atoms with Crippen molar-refractivity contribution in [1.29, 1.82) is 0 Å². The number of hydrogen-bond donors (Lipinski definition) is 1. The maximum atomic E-state index is 12.2. The molecular weight excluding hydrogens is 366 g/mol. The lowest BCUT2D eigenvalue weighted by atomic mass is 10.2. The molecule has 7 heteroatoms. The van der Waals surface area contributed by atoms with Crippen molar-refractivity contribution in [1.82, 2.24) is 5.32 Å². The predicted molar refractivity (Wildman–Crippen MR) is 101 cm³/mol. The minimum atomic E-state index is -3.74. The molecule has 1 N–H and O–H groups in total. The minimum absolute atomic E-state index is 0.125. The molecule has 27 heavy (non-hydrogen) atoms.